The first-order valence-corrected chi connectivity index (χ1v) is 11.4. The highest BCUT2D eigenvalue weighted by molar-refractivity contribution is 7.11. The second kappa shape index (κ2) is 7.31. The summed E-state index contributed by atoms with van der Waals surface area (Å²) in [6, 6.07) is 9.63. The van der Waals surface area contributed by atoms with Crippen molar-refractivity contribution < 1.29 is 14.6 Å². The molecule has 4 nitrogen and oxygen atoms in total. The van der Waals surface area contributed by atoms with Gasteiger partial charge in [-0.2, -0.15) is 0 Å². The largest absolute Gasteiger partial charge is 0.504 e. The molecule has 162 valence electrons. The number of benzene rings is 2. The number of hydrogen-bond donors (Lipinski definition) is 2. The number of aromatic hydroxyl groups is 1. The van der Waals surface area contributed by atoms with E-state index in [1.165, 1.54) is 5.57 Å². The second-order valence-corrected chi connectivity index (χ2v) is 9.58. The summed E-state index contributed by atoms with van der Waals surface area (Å²) in [6.07, 6.45) is 6.18. The number of ether oxygens (including phenoxy) is 2. The number of rotatable bonds is 3. The first-order chi connectivity index (χ1) is 15.3. The molecule has 0 spiro atoms. The maximum Gasteiger partial charge on any atom is 0.172 e. The van der Waals surface area contributed by atoms with Gasteiger partial charge >= 0.3 is 0 Å². The van der Waals surface area contributed by atoms with Gasteiger partial charge in [0, 0.05) is 27.3 Å². The normalized spacial score (nSPS) is 16.8. The number of phenols is 1. The van der Waals surface area contributed by atoms with Crippen LogP contribution in [0.25, 0.3) is 34.6 Å². The summed E-state index contributed by atoms with van der Waals surface area (Å²) in [7, 11) is 1.57. The van der Waals surface area contributed by atoms with Crippen molar-refractivity contribution in [3.8, 4) is 28.4 Å². The quantitative estimate of drug-likeness (QED) is 0.447. The number of methoxy groups -OCH3 is 1. The molecular weight excluding hydrogens is 418 g/mol. The average molecular weight is 444 g/mol. The van der Waals surface area contributed by atoms with E-state index in [-0.39, 0.29) is 11.3 Å². The summed E-state index contributed by atoms with van der Waals surface area (Å²) in [5.74, 6) is 1.92. The highest BCUT2D eigenvalue weighted by Crippen LogP contribution is 2.54. The molecule has 2 aliphatic heterocycles. The number of hydrogen-bond acceptors (Lipinski definition) is 5. The number of thiophene rings is 1. The van der Waals surface area contributed by atoms with Crippen LogP contribution in [-0.2, 0) is 0 Å². The standard InChI is InChI=1S/C27H25NO3S/c1-6-16-11-12-32-22(16)13-21-24-17(25-20(31-21)10-9-19(29)26(25)30-5)7-8-18-23(24)15(2)14-27(3,4)28-18/h6-14,28-29H,1H2,2-5H3/b21-13-. The molecule has 2 aliphatic rings. The van der Waals surface area contributed by atoms with E-state index in [2.05, 4.69) is 68.4 Å². The van der Waals surface area contributed by atoms with E-state index in [1.807, 2.05) is 6.08 Å². The van der Waals surface area contributed by atoms with E-state index >= 15 is 0 Å². The first kappa shape index (κ1) is 20.5. The summed E-state index contributed by atoms with van der Waals surface area (Å²) < 4.78 is 12.1. The molecule has 0 saturated heterocycles. The molecule has 0 saturated carbocycles. The predicted octanol–water partition coefficient (Wildman–Crippen LogP) is 7.27. The molecule has 32 heavy (non-hydrogen) atoms. The Morgan fingerprint density at radius 3 is 2.69 bits per heavy atom. The SMILES string of the molecule is C=Cc1ccsc1/C=C1\Oc2ccc(O)c(OC)c2-c2ccc3c(c21)C(C)=CC(C)(C)N3. The third-order valence-corrected chi connectivity index (χ3v) is 6.76. The number of allylic oxidation sites excluding steroid dienone is 1. The fraction of sp³-hybridized carbons (Fsp3) is 0.185. The fourth-order valence-corrected chi connectivity index (χ4v) is 5.51. The monoisotopic (exact) mass is 443 g/mol. The van der Waals surface area contributed by atoms with Crippen LogP contribution < -0.4 is 14.8 Å². The van der Waals surface area contributed by atoms with Gasteiger partial charge in [-0.1, -0.05) is 24.8 Å². The molecule has 3 heterocycles. The predicted molar refractivity (Wildman–Crippen MR) is 134 cm³/mol. The minimum absolute atomic E-state index is 0.0877. The van der Waals surface area contributed by atoms with Gasteiger partial charge in [-0.3, -0.25) is 0 Å². The topological polar surface area (TPSA) is 50.7 Å². The van der Waals surface area contributed by atoms with Gasteiger partial charge in [0.15, 0.2) is 11.5 Å². The summed E-state index contributed by atoms with van der Waals surface area (Å²) in [5.41, 5.74) is 6.96. The molecule has 0 fully saturated rings. The molecule has 0 radical (unpaired) electrons. The van der Waals surface area contributed by atoms with Crippen LogP contribution in [0.3, 0.4) is 0 Å². The summed E-state index contributed by atoms with van der Waals surface area (Å²) in [6.45, 7) is 10.4. The minimum atomic E-state index is -0.150. The fourth-order valence-electron chi connectivity index (χ4n) is 4.68. The van der Waals surface area contributed by atoms with Crippen molar-refractivity contribution in [1.29, 1.82) is 0 Å². The van der Waals surface area contributed by atoms with Gasteiger partial charge in [0.1, 0.15) is 11.5 Å². The molecule has 0 amide bonds. The van der Waals surface area contributed by atoms with Crippen molar-refractivity contribution in [3.05, 3.63) is 69.9 Å². The van der Waals surface area contributed by atoms with Crippen LogP contribution in [0.5, 0.6) is 17.2 Å². The smallest absolute Gasteiger partial charge is 0.172 e. The van der Waals surface area contributed by atoms with Crippen LogP contribution in [0.15, 0.2) is 48.4 Å². The van der Waals surface area contributed by atoms with E-state index in [4.69, 9.17) is 9.47 Å². The molecule has 0 aliphatic carbocycles. The Morgan fingerprint density at radius 2 is 1.94 bits per heavy atom. The molecule has 2 aromatic carbocycles. The number of phenolic OH excluding ortho intramolecular Hbond substituents is 1. The highest BCUT2D eigenvalue weighted by atomic mass is 32.1. The van der Waals surface area contributed by atoms with Crippen LogP contribution in [0.4, 0.5) is 5.69 Å². The Labute approximate surface area is 192 Å². The molecular formula is C27H25NO3S. The summed E-state index contributed by atoms with van der Waals surface area (Å²) >= 11 is 1.65. The number of anilines is 1. The van der Waals surface area contributed by atoms with Crippen LogP contribution in [0.2, 0.25) is 0 Å². The van der Waals surface area contributed by atoms with Crippen LogP contribution in [0, 0.1) is 0 Å². The molecule has 5 rings (SSSR count). The Bertz CT molecular complexity index is 1330. The first-order valence-electron chi connectivity index (χ1n) is 10.5. The van der Waals surface area contributed by atoms with E-state index in [0.717, 1.165) is 44.1 Å². The van der Waals surface area contributed by atoms with Gasteiger partial charge in [0.05, 0.1) is 18.2 Å². The Morgan fingerprint density at radius 1 is 1.12 bits per heavy atom. The Balaban J connectivity index is 1.85. The van der Waals surface area contributed by atoms with Crippen LogP contribution >= 0.6 is 11.3 Å². The lowest BCUT2D eigenvalue weighted by molar-refractivity contribution is 0.371. The number of nitrogens with one attached hydrogen (secondary N) is 1. The molecule has 0 bridgehead atoms. The minimum Gasteiger partial charge on any atom is -0.504 e. The zero-order chi connectivity index (χ0) is 22.6. The van der Waals surface area contributed by atoms with Gasteiger partial charge in [0.2, 0.25) is 0 Å². The Kier molecular flexibility index (Phi) is 4.68. The van der Waals surface area contributed by atoms with Crippen LogP contribution in [-0.4, -0.2) is 17.8 Å². The van der Waals surface area contributed by atoms with Gasteiger partial charge in [-0.15, -0.1) is 11.3 Å². The van der Waals surface area contributed by atoms with Crippen molar-refractivity contribution in [1.82, 2.24) is 0 Å². The zero-order valence-corrected chi connectivity index (χ0v) is 19.4. The van der Waals surface area contributed by atoms with E-state index in [9.17, 15) is 5.11 Å². The third-order valence-electron chi connectivity index (χ3n) is 5.88. The molecule has 3 aromatic rings. The molecule has 5 heteroatoms. The lowest BCUT2D eigenvalue weighted by atomic mass is 9.83. The lowest BCUT2D eigenvalue weighted by Crippen LogP contribution is -2.32. The van der Waals surface area contributed by atoms with Gasteiger partial charge in [-0.25, -0.2) is 0 Å². The van der Waals surface area contributed by atoms with Crippen molar-refractivity contribution >= 4 is 40.5 Å². The van der Waals surface area contributed by atoms with Gasteiger partial charge < -0.3 is 19.9 Å². The van der Waals surface area contributed by atoms with E-state index in [1.54, 1.807) is 30.6 Å². The van der Waals surface area contributed by atoms with Gasteiger partial charge in [0.25, 0.3) is 0 Å². The number of fused-ring (bicyclic) bond motifs is 5. The van der Waals surface area contributed by atoms with Crippen LogP contribution in [0.1, 0.15) is 42.3 Å². The lowest BCUT2D eigenvalue weighted by Gasteiger charge is -2.35. The van der Waals surface area contributed by atoms with E-state index < -0.39 is 0 Å². The van der Waals surface area contributed by atoms with Crippen molar-refractivity contribution in [2.24, 2.45) is 0 Å². The Hall–Kier alpha value is -3.44. The van der Waals surface area contributed by atoms with Gasteiger partial charge in [-0.05, 0) is 67.6 Å². The highest BCUT2D eigenvalue weighted by Gasteiger charge is 2.33. The summed E-state index contributed by atoms with van der Waals surface area (Å²) in [5, 5.41) is 16.1. The maximum atomic E-state index is 10.5. The van der Waals surface area contributed by atoms with Crippen molar-refractivity contribution in [3.63, 3.8) is 0 Å². The molecule has 1 aromatic heterocycles. The second-order valence-electron chi connectivity index (χ2n) is 8.63. The summed E-state index contributed by atoms with van der Waals surface area (Å²) in [4.78, 5) is 1.08. The van der Waals surface area contributed by atoms with Crippen molar-refractivity contribution in [2.75, 3.05) is 12.4 Å². The third kappa shape index (κ3) is 3.12. The molecule has 2 N–H and O–H groups in total. The zero-order valence-electron chi connectivity index (χ0n) is 18.6. The maximum absolute atomic E-state index is 10.5. The average Bonchev–Trinajstić information content (AvgIpc) is 3.19. The molecule has 0 unspecified atom stereocenters. The van der Waals surface area contributed by atoms with E-state index in [0.29, 0.717) is 11.5 Å². The van der Waals surface area contributed by atoms with Crippen molar-refractivity contribution in [2.45, 2.75) is 26.3 Å². The molecule has 0 atom stereocenters.